The van der Waals surface area contributed by atoms with Crippen LogP contribution >= 0.6 is 23.2 Å². The van der Waals surface area contributed by atoms with Gasteiger partial charge < -0.3 is 4.74 Å². The molecule has 0 aromatic heterocycles. The molecule has 0 aromatic carbocycles. The lowest BCUT2D eigenvalue weighted by Gasteiger charge is -2.31. The Morgan fingerprint density at radius 2 is 2.23 bits per heavy atom. The highest BCUT2D eigenvalue weighted by Crippen LogP contribution is 2.29. The first-order chi connectivity index (χ1) is 5.89. The topological polar surface area (TPSA) is 29.5 Å². The third-order valence-electron chi connectivity index (χ3n) is 2.60. The first-order valence-corrected chi connectivity index (χ1v) is 4.96. The number of carbonyl (C=O) groups excluding carboxylic acids is 1. The zero-order chi connectivity index (χ0) is 10.2. The number of alkyl halides is 2. The monoisotopic (exact) mass is 225 g/mol. The largest absolute Gasteiger partial charge is 0.352 e. The maximum atomic E-state index is 11.6. The van der Waals surface area contributed by atoms with Gasteiger partial charge in [-0.25, -0.2) is 0 Å². The summed E-state index contributed by atoms with van der Waals surface area (Å²) in [5.41, 5.74) is -0.965. The molecule has 2 unspecified atom stereocenters. The van der Waals surface area contributed by atoms with Crippen molar-refractivity contribution in [2.45, 2.75) is 30.5 Å². The number of ketones is 1. The van der Waals surface area contributed by atoms with Crippen LogP contribution in [0.1, 0.15) is 13.8 Å². The second-order valence-electron chi connectivity index (χ2n) is 3.42. The van der Waals surface area contributed by atoms with Gasteiger partial charge in [0, 0.05) is 6.04 Å². The quantitative estimate of drug-likeness (QED) is 0.667. The molecule has 1 aliphatic rings. The van der Waals surface area contributed by atoms with Crippen LogP contribution in [0.3, 0.4) is 0 Å². The van der Waals surface area contributed by atoms with Gasteiger partial charge in [0.05, 0.1) is 6.61 Å². The first-order valence-electron chi connectivity index (χ1n) is 4.09. The number of hydrogen-bond acceptors (Lipinski definition) is 3. The van der Waals surface area contributed by atoms with Crippen molar-refractivity contribution in [1.29, 1.82) is 0 Å². The number of Topliss-reactive ketones (excluding diaryl/α,β-unsaturated/α-hetero) is 1. The number of halogens is 2. The Morgan fingerprint density at radius 3 is 2.54 bits per heavy atom. The molecule has 76 valence electrons. The minimum absolute atomic E-state index is 0.209. The molecule has 2 atom stereocenters. The summed E-state index contributed by atoms with van der Waals surface area (Å²) >= 11 is 11.0. The fourth-order valence-corrected chi connectivity index (χ4v) is 1.77. The van der Waals surface area contributed by atoms with Crippen molar-refractivity contribution in [3.05, 3.63) is 0 Å². The summed E-state index contributed by atoms with van der Waals surface area (Å²) in [7, 11) is 1.83. The number of nitrogens with zero attached hydrogens (tertiary/aromatic N) is 1. The van der Waals surface area contributed by atoms with E-state index in [-0.39, 0.29) is 11.8 Å². The molecule has 1 fully saturated rings. The Bertz CT molecular complexity index is 222. The second-order valence-corrected chi connectivity index (χ2v) is 4.52. The molecule has 0 radical (unpaired) electrons. The van der Waals surface area contributed by atoms with Gasteiger partial charge in [-0.15, -0.1) is 0 Å². The van der Waals surface area contributed by atoms with Gasteiger partial charge >= 0.3 is 0 Å². The van der Waals surface area contributed by atoms with Gasteiger partial charge in [0.25, 0.3) is 0 Å². The van der Waals surface area contributed by atoms with Crippen molar-refractivity contribution < 1.29 is 9.53 Å². The molecular weight excluding hydrogens is 213 g/mol. The molecule has 0 spiro atoms. The molecule has 1 saturated heterocycles. The lowest BCUT2D eigenvalue weighted by molar-refractivity contribution is -0.147. The third kappa shape index (κ3) is 1.84. The van der Waals surface area contributed by atoms with Crippen molar-refractivity contribution in [1.82, 2.24) is 4.90 Å². The van der Waals surface area contributed by atoms with Crippen LogP contribution < -0.4 is 0 Å². The standard InChI is InChI=1S/C8H13Cl2NO2/c1-5-4-13-8(2,11(5)3)6(12)7(9)10/h5,7H,4H2,1-3H3. The van der Waals surface area contributed by atoms with Crippen molar-refractivity contribution >= 4 is 29.0 Å². The van der Waals surface area contributed by atoms with E-state index in [4.69, 9.17) is 27.9 Å². The predicted octanol–water partition coefficient (Wildman–Crippen LogP) is 1.43. The number of rotatable bonds is 2. The first kappa shape index (κ1) is 11.2. The summed E-state index contributed by atoms with van der Waals surface area (Å²) in [5, 5.41) is 0. The van der Waals surface area contributed by atoms with E-state index in [9.17, 15) is 4.79 Å². The number of ether oxygens (including phenoxy) is 1. The van der Waals surface area contributed by atoms with Gasteiger partial charge in [0.2, 0.25) is 5.78 Å². The Labute approximate surface area is 87.9 Å². The lowest BCUT2D eigenvalue weighted by Crippen LogP contribution is -2.51. The van der Waals surface area contributed by atoms with Crippen LogP contribution in [-0.4, -0.2) is 40.9 Å². The zero-order valence-electron chi connectivity index (χ0n) is 7.88. The highest BCUT2D eigenvalue weighted by Gasteiger charge is 2.47. The molecule has 3 nitrogen and oxygen atoms in total. The summed E-state index contributed by atoms with van der Waals surface area (Å²) in [5.74, 6) is -0.303. The zero-order valence-corrected chi connectivity index (χ0v) is 9.39. The van der Waals surface area contributed by atoms with Gasteiger partial charge in [-0.05, 0) is 20.9 Å². The van der Waals surface area contributed by atoms with E-state index in [1.165, 1.54) is 0 Å². The highest BCUT2D eigenvalue weighted by molar-refractivity contribution is 6.54. The van der Waals surface area contributed by atoms with Crippen LogP contribution in [0.2, 0.25) is 0 Å². The van der Waals surface area contributed by atoms with E-state index >= 15 is 0 Å². The van der Waals surface area contributed by atoms with E-state index in [1.807, 2.05) is 18.9 Å². The molecule has 0 N–H and O–H groups in total. The fraction of sp³-hybridized carbons (Fsp3) is 0.875. The van der Waals surface area contributed by atoms with Crippen LogP contribution in [0.25, 0.3) is 0 Å². The summed E-state index contributed by atoms with van der Waals surface area (Å²) in [4.78, 5) is 12.4. The molecule has 0 aromatic rings. The maximum Gasteiger partial charge on any atom is 0.212 e. The average Bonchev–Trinajstić information content (AvgIpc) is 2.33. The molecule has 1 rings (SSSR count). The second kappa shape index (κ2) is 3.73. The number of hydrogen-bond donors (Lipinski definition) is 0. The smallest absolute Gasteiger partial charge is 0.212 e. The Morgan fingerprint density at radius 1 is 1.69 bits per heavy atom. The third-order valence-corrected chi connectivity index (χ3v) is 2.99. The van der Waals surface area contributed by atoms with Gasteiger partial charge in [0.1, 0.15) is 0 Å². The molecule has 0 saturated carbocycles. The van der Waals surface area contributed by atoms with Crippen molar-refractivity contribution in [2.75, 3.05) is 13.7 Å². The number of likely N-dealkylation sites (N-methyl/N-ethyl adjacent to an activating group) is 1. The minimum Gasteiger partial charge on any atom is -0.352 e. The van der Waals surface area contributed by atoms with Gasteiger partial charge in [-0.1, -0.05) is 23.2 Å². The van der Waals surface area contributed by atoms with E-state index in [0.29, 0.717) is 6.61 Å². The average molecular weight is 226 g/mol. The molecular formula is C8H13Cl2NO2. The lowest BCUT2D eigenvalue weighted by atomic mass is 10.1. The van der Waals surface area contributed by atoms with E-state index < -0.39 is 10.6 Å². The fourth-order valence-electron chi connectivity index (χ4n) is 1.36. The van der Waals surface area contributed by atoms with Gasteiger partial charge in [0.15, 0.2) is 10.6 Å². The Balaban J connectivity index is 2.83. The molecule has 0 bridgehead atoms. The van der Waals surface area contributed by atoms with Gasteiger partial charge in [-0.3, -0.25) is 9.69 Å². The summed E-state index contributed by atoms with van der Waals surface area (Å²) in [6.07, 6.45) is 0. The van der Waals surface area contributed by atoms with Gasteiger partial charge in [-0.2, -0.15) is 0 Å². The minimum atomic E-state index is -1.03. The van der Waals surface area contributed by atoms with Crippen molar-refractivity contribution in [3.63, 3.8) is 0 Å². The van der Waals surface area contributed by atoms with Crippen LogP contribution in [0.5, 0.6) is 0 Å². The van der Waals surface area contributed by atoms with Crippen LogP contribution in [0.15, 0.2) is 0 Å². The highest BCUT2D eigenvalue weighted by atomic mass is 35.5. The summed E-state index contributed by atoms with van der Waals surface area (Å²) in [6.45, 7) is 4.20. The Hall–Kier alpha value is 0.170. The van der Waals surface area contributed by atoms with Crippen LogP contribution in [-0.2, 0) is 9.53 Å². The molecule has 1 heterocycles. The van der Waals surface area contributed by atoms with Crippen molar-refractivity contribution in [3.8, 4) is 0 Å². The van der Waals surface area contributed by atoms with Crippen LogP contribution in [0, 0.1) is 0 Å². The normalized spacial score (nSPS) is 35.7. The van der Waals surface area contributed by atoms with E-state index in [1.54, 1.807) is 6.92 Å². The molecule has 5 heteroatoms. The molecule has 0 amide bonds. The summed E-state index contributed by atoms with van der Waals surface area (Å²) in [6, 6.07) is 0.209. The number of carbonyl (C=O) groups is 1. The van der Waals surface area contributed by atoms with E-state index in [0.717, 1.165) is 0 Å². The molecule has 0 aliphatic carbocycles. The Kier molecular flexibility index (Phi) is 3.23. The SMILES string of the molecule is CC1COC(C)(C(=O)C(Cl)Cl)N1C. The van der Waals surface area contributed by atoms with Crippen LogP contribution in [0.4, 0.5) is 0 Å². The maximum absolute atomic E-state index is 11.6. The predicted molar refractivity (Wildman–Crippen MR) is 52.1 cm³/mol. The van der Waals surface area contributed by atoms with Crippen molar-refractivity contribution in [2.24, 2.45) is 0 Å². The summed E-state index contributed by atoms with van der Waals surface area (Å²) < 4.78 is 5.40. The molecule has 13 heavy (non-hydrogen) atoms. The molecule has 1 aliphatic heterocycles. The van der Waals surface area contributed by atoms with E-state index in [2.05, 4.69) is 0 Å².